The van der Waals surface area contributed by atoms with E-state index in [0.29, 0.717) is 26.2 Å². The van der Waals surface area contributed by atoms with Crippen molar-refractivity contribution in [1.82, 2.24) is 10.2 Å². The second-order valence-electron chi connectivity index (χ2n) is 6.81. The summed E-state index contributed by atoms with van der Waals surface area (Å²) in [5.74, 6) is -0.121. The summed E-state index contributed by atoms with van der Waals surface area (Å²) in [5.41, 5.74) is 1.02. The zero-order valence-corrected chi connectivity index (χ0v) is 15.8. The van der Waals surface area contributed by atoms with E-state index in [2.05, 4.69) is 24.4 Å². The number of hydrogen-bond acceptors (Lipinski definition) is 4. The number of nitrogens with one attached hydrogen (secondary N) is 1. The number of methoxy groups -OCH3 is 1. The molecule has 0 aliphatic carbocycles. The van der Waals surface area contributed by atoms with Crippen LogP contribution < -0.4 is 5.32 Å². The number of likely N-dealkylation sites (tertiary alicyclic amines) is 1. The van der Waals surface area contributed by atoms with Gasteiger partial charge in [-0.2, -0.15) is 0 Å². The largest absolute Gasteiger partial charge is 0.449 e. The summed E-state index contributed by atoms with van der Waals surface area (Å²) in [6.45, 7) is 4.39. The minimum absolute atomic E-state index is 0.0563. The maximum atomic E-state index is 12.2. The van der Waals surface area contributed by atoms with Gasteiger partial charge in [-0.1, -0.05) is 43.7 Å². The second kappa shape index (κ2) is 10.2. The van der Waals surface area contributed by atoms with Crippen molar-refractivity contribution in [1.29, 1.82) is 0 Å². The van der Waals surface area contributed by atoms with E-state index in [1.807, 2.05) is 18.2 Å². The van der Waals surface area contributed by atoms with Gasteiger partial charge in [-0.25, -0.2) is 4.79 Å². The lowest BCUT2D eigenvalue weighted by atomic mass is 9.72. The van der Waals surface area contributed by atoms with Gasteiger partial charge in [-0.05, 0) is 24.8 Å². The number of carbonyl (C=O) groups excluding carboxylic acids is 2. The fraction of sp³-hybridized carbons (Fsp3) is 0.600. The molecule has 0 bridgehead atoms. The molecule has 0 aromatic heterocycles. The van der Waals surface area contributed by atoms with Crippen LogP contribution in [0.5, 0.6) is 0 Å². The molecule has 26 heavy (non-hydrogen) atoms. The Balaban J connectivity index is 2.01. The Labute approximate surface area is 155 Å². The van der Waals surface area contributed by atoms with Gasteiger partial charge in [-0.3, -0.25) is 4.79 Å². The first kappa shape index (κ1) is 20.2. The molecule has 6 heteroatoms. The minimum atomic E-state index is -0.233. The average molecular weight is 362 g/mol. The number of nitrogens with zero attached hydrogens (tertiary/aromatic N) is 1. The Morgan fingerprint density at radius 1 is 1.19 bits per heavy atom. The molecular weight excluding hydrogens is 332 g/mol. The normalized spacial score (nSPS) is 16.2. The van der Waals surface area contributed by atoms with Crippen molar-refractivity contribution in [3.05, 3.63) is 35.9 Å². The predicted octanol–water partition coefficient (Wildman–Crippen LogP) is 2.72. The van der Waals surface area contributed by atoms with E-state index in [4.69, 9.17) is 9.47 Å². The van der Waals surface area contributed by atoms with E-state index >= 15 is 0 Å². The van der Waals surface area contributed by atoms with E-state index in [-0.39, 0.29) is 24.0 Å². The van der Waals surface area contributed by atoms with Crippen LogP contribution in [-0.4, -0.2) is 56.9 Å². The van der Waals surface area contributed by atoms with E-state index in [0.717, 1.165) is 25.7 Å². The highest BCUT2D eigenvalue weighted by Gasteiger charge is 2.38. The lowest BCUT2D eigenvalue weighted by Gasteiger charge is -2.42. The molecule has 1 fully saturated rings. The average Bonchev–Trinajstić information content (AvgIpc) is 2.68. The minimum Gasteiger partial charge on any atom is -0.449 e. The third-order valence-corrected chi connectivity index (χ3v) is 4.99. The molecule has 1 aromatic carbocycles. The predicted molar refractivity (Wildman–Crippen MR) is 100 cm³/mol. The fourth-order valence-corrected chi connectivity index (χ4v) is 3.32. The molecule has 2 amide bonds. The highest BCUT2D eigenvalue weighted by molar-refractivity contribution is 5.77. The van der Waals surface area contributed by atoms with Crippen LogP contribution in [0.1, 0.15) is 38.2 Å². The number of piperidine rings is 1. The van der Waals surface area contributed by atoms with Gasteiger partial charge in [0.25, 0.3) is 0 Å². The first-order valence-electron chi connectivity index (χ1n) is 9.34. The molecule has 0 spiro atoms. The van der Waals surface area contributed by atoms with Crippen molar-refractivity contribution in [2.45, 2.75) is 38.0 Å². The Kier molecular flexibility index (Phi) is 7.91. The maximum Gasteiger partial charge on any atom is 0.409 e. The maximum absolute atomic E-state index is 12.2. The summed E-state index contributed by atoms with van der Waals surface area (Å²) in [6.07, 6.45) is 3.23. The molecule has 1 aliphatic heterocycles. The topological polar surface area (TPSA) is 67.9 Å². The van der Waals surface area contributed by atoms with Gasteiger partial charge in [0, 0.05) is 32.2 Å². The van der Waals surface area contributed by atoms with Crippen LogP contribution in [0.15, 0.2) is 30.3 Å². The van der Waals surface area contributed by atoms with Crippen molar-refractivity contribution in [2.24, 2.45) is 0 Å². The van der Waals surface area contributed by atoms with Crippen molar-refractivity contribution in [3.63, 3.8) is 0 Å². The van der Waals surface area contributed by atoms with Crippen molar-refractivity contribution in [3.8, 4) is 0 Å². The monoisotopic (exact) mass is 362 g/mol. The molecule has 144 valence electrons. The highest BCUT2D eigenvalue weighted by Crippen LogP contribution is 2.35. The smallest absolute Gasteiger partial charge is 0.409 e. The summed E-state index contributed by atoms with van der Waals surface area (Å²) in [7, 11) is 1.51. The first-order chi connectivity index (χ1) is 12.6. The number of ether oxygens (including phenoxy) is 2. The first-order valence-corrected chi connectivity index (χ1v) is 9.34. The van der Waals surface area contributed by atoms with Gasteiger partial charge in [0.15, 0.2) is 0 Å². The van der Waals surface area contributed by atoms with Gasteiger partial charge < -0.3 is 19.7 Å². The van der Waals surface area contributed by atoms with Crippen LogP contribution in [0, 0.1) is 0 Å². The summed E-state index contributed by atoms with van der Waals surface area (Å²) < 4.78 is 10.2. The number of benzene rings is 1. The Bertz CT molecular complexity index is 568. The lowest BCUT2D eigenvalue weighted by molar-refractivity contribution is -0.125. The summed E-state index contributed by atoms with van der Waals surface area (Å²) in [6, 6.07) is 10.2. The van der Waals surface area contributed by atoms with E-state index < -0.39 is 0 Å². The Hall–Kier alpha value is -2.08. The van der Waals surface area contributed by atoms with Crippen molar-refractivity contribution < 1.29 is 19.1 Å². The molecule has 1 aromatic rings. The van der Waals surface area contributed by atoms with Crippen molar-refractivity contribution >= 4 is 12.0 Å². The third-order valence-electron chi connectivity index (χ3n) is 4.99. The van der Waals surface area contributed by atoms with Crippen LogP contribution in [0.2, 0.25) is 0 Å². The van der Waals surface area contributed by atoms with Crippen molar-refractivity contribution in [2.75, 3.05) is 40.0 Å². The third kappa shape index (κ3) is 5.46. The molecule has 2 rings (SSSR count). The van der Waals surface area contributed by atoms with Crippen LogP contribution >= 0.6 is 0 Å². The molecule has 1 aliphatic rings. The zero-order valence-electron chi connectivity index (χ0n) is 15.8. The Morgan fingerprint density at radius 2 is 1.88 bits per heavy atom. The van der Waals surface area contributed by atoms with Gasteiger partial charge in [-0.15, -0.1) is 0 Å². The molecule has 0 radical (unpaired) electrons. The molecule has 0 atom stereocenters. The van der Waals surface area contributed by atoms with Crippen LogP contribution in [0.4, 0.5) is 4.79 Å². The molecular formula is C20H30N2O4. The molecule has 1 N–H and O–H groups in total. The molecule has 1 heterocycles. The second-order valence-corrected chi connectivity index (χ2v) is 6.81. The standard InChI is InChI=1S/C20H30N2O4/c1-3-4-14-26-19(24)22-12-10-20(11-13-22,16-21-18(23)15-25-2)17-8-6-5-7-9-17/h5-9H,3-4,10-16H2,1-2H3,(H,21,23). The van der Waals surface area contributed by atoms with Gasteiger partial charge in [0.05, 0.1) is 6.61 Å². The quantitative estimate of drug-likeness (QED) is 0.722. The summed E-state index contributed by atoms with van der Waals surface area (Å²) in [4.78, 5) is 25.8. The number of hydrogen-bond donors (Lipinski definition) is 1. The SMILES string of the molecule is CCCCOC(=O)N1CCC(CNC(=O)COC)(c2ccccc2)CC1. The van der Waals surface area contributed by atoms with Crippen LogP contribution in [0.25, 0.3) is 0 Å². The number of rotatable bonds is 8. The van der Waals surface area contributed by atoms with E-state index in [1.54, 1.807) is 4.90 Å². The molecule has 6 nitrogen and oxygen atoms in total. The number of amides is 2. The highest BCUT2D eigenvalue weighted by atomic mass is 16.6. The summed E-state index contributed by atoms with van der Waals surface area (Å²) >= 11 is 0. The summed E-state index contributed by atoms with van der Waals surface area (Å²) in [5, 5.41) is 2.98. The van der Waals surface area contributed by atoms with Crippen LogP contribution in [-0.2, 0) is 19.7 Å². The fourth-order valence-electron chi connectivity index (χ4n) is 3.32. The van der Waals surface area contributed by atoms with Gasteiger partial charge in [0.2, 0.25) is 5.91 Å². The van der Waals surface area contributed by atoms with E-state index in [1.165, 1.54) is 12.7 Å². The number of unbranched alkanes of at least 4 members (excludes halogenated alkanes) is 1. The van der Waals surface area contributed by atoms with Gasteiger partial charge in [0.1, 0.15) is 6.61 Å². The number of carbonyl (C=O) groups is 2. The van der Waals surface area contributed by atoms with Crippen LogP contribution in [0.3, 0.4) is 0 Å². The van der Waals surface area contributed by atoms with Gasteiger partial charge >= 0.3 is 6.09 Å². The zero-order chi connectivity index (χ0) is 18.8. The lowest BCUT2D eigenvalue weighted by Crippen LogP contribution is -2.50. The van der Waals surface area contributed by atoms with E-state index in [9.17, 15) is 9.59 Å². The Morgan fingerprint density at radius 3 is 2.50 bits per heavy atom. The molecule has 0 unspecified atom stereocenters. The molecule has 0 saturated carbocycles. The molecule has 1 saturated heterocycles.